The van der Waals surface area contributed by atoms with Crippen molar-refractivity contribution in [1.29, 1.82) is 0 Å². The molecular weight excluding hydrogens is 354 g/mol. The first-order valence-corrected chi connectivity index (χ1v) is 7.40. The molecule has 0 unspecified atom stereocenters. The lowest BCUT2D eigenvalue weighted by atomic mass is 10.2. The fraction of sp³-hybridized carbons (Fsp3) is 0.0714. The van der Waals surface area contributed by atoms with Crippen molar-refractivity contribution in [2.45, 2.75) is 6.54 Å². The van der Waals surface area contributed by atoms with E-state index in [4.69, 9.17) is 11.6 Å². The molecular formula is C14H11BrClN5. The third kappa shape index (κ3) is 3.06. The third-order valence-electron chi connectivity index (χ3n) is 2.94. The maximum atomic E-state index is 5.96. The number of hydrogen-bond donors (Lipinski definition) is 1. The van der Waals surface area contributed by atoms with Gasteiger partial charge in [0.05, 0.1) is 10.2 Å². The van der Waals surface area contributed by atoms with Gasteiger partial charge in [-0.05, 0) is 33.6 Å². The van der Waals surface area contributed by atoms with Gasteiger partial charge in [-0.15, -0.1) is 0 Å². The highest BCUT2D eigenvalue weighted by atomic mass is 79.9. The Morgan fingerprint density at radius 2 is 2.05 bits per heavy atom. The van der Waals surface area contributed by atoms with E-state index in [9.17, 15) is 0 Å². The Hall–Kier alpha value is -1.92. The lowest BCUT2D eigenvalue weighted by molar-refractivity contribution is 0.863. The van der Waals surface area contributed by atoms with E-state index in [-0.39, 0.29) is 0 Å². The van der Waals surface area contributed by atoms with Gasteiger partial charge < -0.3 is 5.32 Å². The van der Waals surface area contributed by atoms with Gasteiger partial charge in [0.25, 0.3) is 0 Å². The van der Waals surface area contributed by atoms with Crippen molar-refractivity contribution >= 4 is 33.3 Å². The molecule has 1 N–H and O–H groups in total. The topological polar surface area (TPSA) is 55.6 Å². The second-order valence-electron chi connectivity index (χ2n) is 4.26. The average molecular weight is 365 g/mol. The minimum Gasteiger partial charge on any atom is -0.365 e. The maximum Gasteiger partial charge on any atom is 0.148 e. The summed E-state index contributed by atoms with van der Waals surface area (Å²) < 4.78 is 2.49. The monoisotopic (exact) mass is 363 g/mol. The summed E-state index contributed by atoms with van der Waals surface area (Å²) in [5, 5.41) is 7.90. The summed E-state index contributed by atoms with van der Waals surface area (Å²) in [4.78, 5) is 8.08. The summed E-state index contributed by atoms with van der Waals surface area (Å²) in [6, 6.07) is 9.93. The fourth-order valence-corrected chi connectivity index (χ4v) is 2.42. The van der Waals surface area contributed by atoms with Crippen molar-refractivity contribution < 1.29 is 0 Å². The van der Waals surface area contributed by atoms with Gasteiger partial charge in [-0.2, -0.15) is 5.10 Å². The zero-order valence-electron chi connectivity index (χ0n) is 10.9. The predicted octanol–water partition coefficient (Wildman–Crippen LogP) is 3.69. The first-order chi connectivity index (χ1) is 10.3. The molecule has 5 nitrogen and oxygen atoms in total. The van der Waals surface area contributed by atoms with Crippen LogP contribution in [0, 0.1) is 0 Å². The molecule has 0 radical (unpaired) electrons. The summed E-state index contributed by atoms with van der Waals surface area (Å²) in [6.45, 7) is 0.599. The molecule has 3 rings (SSSR count). The van der Waals surface area contributed by atoms with Gasteiger partial charge in [0, 0.05) is 18.9 Å². The van der Waals surface area contributed by atoms with Crippen molar-refractivity contribution in [3.05, 3.63) is 64.2 Å². The molecule has 1 aromatic carbocycles. The zero-order valence-corrected chi connectivity index (χ0v) is 13.2. The Morgan fingerprint density at radius 3 is 2.86 bits per heavy atom. The van der Waals surface area contributed by atoms with Gasteiger partial charge in [0.15, 0.2) is 0 Å². The molecule has 0 fully saturated rings. The summed E-state index contributed by atoms with van der Waals surface area (Å²) in [6.07, 6.45) is 5.09. The number of halogens is 2. The Labute approximate surface area is 135 Å². The number of benzene rings is 1. The minimum atomic E-state index is 0.382. The molecule has 0 saturated carbocycles. The molecule has 0 aliphatic carbocycles. The lowest BCUT2D eigenvalue weighted by Crippen LogP contribution is -2.07. The van der Waals surface area contributed by atoms with Crippen molar-refractivity contribution in [2.24, 2.45) is 0 Å². The smallest absolute Gasteiger partial charge is 0.148 e. The zero-order chi connectivity index (χ0) is 14.7. The quantitative estimate of drug-likeness (QED) is 0.717. The Bertz CT molecular complexity index is 745. The Morgan fingerprint density at radius 1 is 1.19 bits per heavy atom. The number of rotatable bonds is 4. The van der Waals surface area contributed by atoms with E-state index in [0.717, 1.165) is 11.3 Å². The highest BCUT2D eigenvalue weighted by Crippen LogP contribution is 2.26. The number of aromatic nitrogens is 4. The van der Waals surface area contributed by atoms with E-state index in [2.05, 4.69) is 36.3 Å². The van der Waals surface area contributed by atoms with Gasteiger partial charge in [-0.25, -0.2) is 14.6 Å². The van der Waals surface area contributed by atoms with Crippen molar-refractivity contribution in [1.82, 2.24) is 19.7 Å². The predicted molar refractivity (Wildman–Crippen MR) is 85.6 cm³/mol. The van der Waals surface area contributed by atoms with Crippen LogP contribution in [-0.4, -0.2) is 19.7 Å². The third-order valence-corrected chi connectivity index (χ3v) is 4.20. The molecule has 0 spiro atoms. The molecule has 2 heterocycles. The molecule has 0 amide bonds. The molecule has 0 atom stereocenters. The second kappa shape index (κ2) is 6.24. The average Bonchev–Trinajstić information content (AvgIpc) is 3.03. The molecule has 0 bridgehead atoms. The first kappa shape index (κ1) is 14.0. The summed E-state index contributed by atoms with van der Waals surface area (Å²) in [5.41, 5.74) is 2.12. The van der Waals surface area contributed by atoms with Crippen LogP contribution in [0.15, 0.2) is 53.5 Å². The second-order valence-corrected chi connectivity index (χ2v) is 5.41. The Kier molecular flexibility index (Phi) is 4.17. The van der Waals surface area contributed by atoms with Crippen molar-refractivity contribution in [3.63, 3.8) is 0 Å². The van der Waals surface area contributed by atoms with Crippen molar-refractivity contribution in [3.8, 4) is 5.69 Å². The highest BCUT2D eigenvalue weighted by Gasteiger charge is 2.08. The van der Waals surface area contributed by atoms with Crippen LogP contribution in [0.1, 0.15) is 5.56 Å². The molecule has 106 valence electrons. The van der Waals surface area contributed by atoms with Crippen LogP contribution in [0.2, 0.25) is 5.15 Å². The van der Waals surface area contributed by atoms with E-state index in [1.807, 2.05) is 41.2 Å². The Balaban J connectivity index is 1.85. The van der Waals surface area contributed by atoms with Crippen LogP contribution in [0.25, 0.3) is 5.69 Å². The van der Waals surface area contributed by atoms with Gasteiger partial charge in [-0.1, -0.05) is 29.8 Å². The number of anilines is 1. The van der Waals surface area contributed by atoms with Gasteiger partial charge in [-0.3, -0.25) is 0 Å². The van der Waals surface area contributed by atoms with E-state index in [1.54, 1.807) is 6.20 Å². The molecule has 21 heavy (non-hydrogen) atoms. The normalized spacial score (nSPS) is 10.6. The van der Waals surface area contributed by atoms with Crippen LogP contribution in [0.5, 0.6) is 0 Å². The summed E-state index contributed by atoms with van der Waals surface area (Å²) >= 11 is 9.33. The van der Waals surface area contributed by atoms with Crippen LogP contribution in [0.4, 0.5) is 5.82 Å². The van der Waals surface area contributed by atoms with Crippen molar-refractivity contribution in [2.75, 3.05) is 5.32 Å². The first-order valence-electron chi connectivity index (χ1n) is 6.23. The van der Waals surface area contributed by atoms with Crippen LogP contribution >= 0.6 is 27.5 Å². The van der Waals surface area contributed by atoms with Gasteiger partial charge in [0.2, 0.25) is 0 Å². The number of hydrogen-bond acceptors (Lipinski definition) is 4. The summed E-state index contributed by atoms with van der Waals surface area (Å²) in [5.74, 6) is 0.658. The van der Waals surface area contributed by atoms with Gasteiger partial charge in [0.1, 0.15) is 17.3 Å². The molecule has 3 aromatic rings. The minimum absolute atomic E-state index is 0.382. The van der Waals surface area contributed by atoms with E-state index >= 15 is 0 Å². The van der Waals surface area contributed by atoms with Gasteiger partial charge >= 0.3 is 0 Å². The number of para-hydroxylation sites is 1. The summed E-state index contributed by atoms with van der Waals surface area (Å²) in [7, 11) is 0. The maximum absolute atomic E-state index is 5.96. The molecule has 2 aromatic heterocycles. The number of nitrogens with one attached hydrogen (secondary N) is 1. The molecule has 0 saturated heterocycles. The highest BCUT2D eigenvalue weighted by molar-refractivity contribution is 9.10. The van der Waals surface area contributed by atoms with Crippen LogP contribution in [-0.2, 0) is 6.54 Å². The lowest BCUT2D eigenvalue weighted by Gasteiger charge is -2.12. The van der Waals surface area contributed by atoms with E-state index in [1.165, 1.54) is 6.33 Å². The SMILES string of the molecule is Clc1ncnc(NCc2ccccc2-n2cccn2)c1Br. The van der Waals surface area contributed by atoms with E-state index < -0.39 is 0 Å². The van der Waals surface area contributed by atoms with Crippen LogP contribution in [0.3, 0.4) is 0 Å². The standard InChI is InChI=1S/C14H11BrClN5/c15-12-13(16)18-9-19-14(12)17-8-10-4-1-2-5-11(10)21-7-3-6-20-21/h1-7,9H,8H2,(H,17,18,19). The number of nitrogens with zero attached hydrogens (tertiary/aromatic N) is 4. The largest absolute Gasteiger partial charge is 0.365 e. The van der Waals surface area contributed by atoms with Crippen LogP contribution < -0.4 is 5.32 Å². The molecule has 7 heteroatoms. The molecule has 0 aliphatic rings. The van der Waals surface area contributed by atoms with E-state index in [0.29, 0.717) is 22.0 Å². The fourth-order valence-electron chi connectivity index (χ4n) is 1.95. The molecule has 0 aliphatic heterocycles.